The average molecular weight is 260 g/mol. The average Bonchev–Trinajstić information content (AvgIpc) is 2.86. The zero-order chi connectivity index (χ0) is 14.0. The lowest BCUT2D eigenvalue weighted by molar-refractivity contribution is -0.134. The summed E-state index contributed by atoms with van der Waals surface area (Å²) in [5.74, 6) is 0.284. The normalized spacial score (nSPS) is 20.9. The molecule has 0 spiro atoms. The van der Waals surface area contributed by atoms with Crippen molar-refractivity contribution in [1.82, 2.24) is 4.90 Å². The highest BCUT2D eigenvalue weighted by Gasteiger charge is 2.33. The second-order valence-electron chi connectivity index (χ2n) is 5.82. The Morgan fingerprint density at radius 1 is 1.37 bits per heavy atom. The van der Waals surface area contributed by atoms with Crippen molar-refractivity contribution in [2.24, 2.45) is 11.7 Å². The van der Waals surface area contributed by atoms with Crippen LogP contribution in [0.1, 0.15) is 43.9 Å². The lowest BCUT2D eigenvalue weighted by Crippen LogP contribution is -2.46. The van der Waals surface area contributed by atoms with E-state index in [1.54, 1.807) is 0 Å². The molecule has 1 fully saturated rings. The fourth-order valence-electron chi connectivity index (χ4n) is 2.79. The van der Waals surface area contributed by atoms with Gasteiger partial charge in [-0.1, -0.05) is 38.1 Å². The van der Waals surface area contributed by atoms with E-state index in [9.17, 15) is 4.79 Å². The number of carbonyl (C=O) groups is 1. The molecule has 3 nitrogen and oxygen atoms in total. The van der Waals surface area contributed by atoms with E-state index in [1.807, 2.05) is 30.9 Å². The summed E-state index contributed by atoms with van der Waals surface area (Å²) in [6, 6.07) is 8.15. The van der Waals surface area contributed by atoms with Crippen molar-refractivity contribution in [3.8, 4) is 0 Å². The van der Waals surface area contributed by atoms with Crippen molar-refractivity contribution >= 4 is 5.91 Å². The Bertz CT molecular complexity index is 456. The molecular weight excluding hydrogens is 236 g/mol. The van der Waals surface area contributed by atoms with Crippen LogP contribution in [0.25, 0.3) is 0 Å². The van der Waals surface area contributed by atoms with Crippen molar-refractivity contribution < 1.29 is 4.79 Å². The van der Waals surface area contributed by atoms with E-state index in [4.69, 9.17) is 5.73 Å². The van der Waals surface area contributed by atoms with Crippen molar-refractivity contribution in [2.75, 3.05) is 6.54 Å². The van der Waals surface area contributed by atoms with Crippen LogP contribution in [0, 0.1) is 12.8 Å². The SMILES string of the molecule is Cc1ccccc1C1CCCN1C(=O)C(N)C(C)C. The van der Waals surface area contributed by atoms with Crippen molar-refractivity contribution in [2.45, 2.75) is 45.7 Å². The van der Waals surface area contributed by atoms with Gasteiger partial charge in [-0.15, -0.1) is 0 Å². The quantitative estimate of drug-likeness (QED) is 0.908. The summed E-state index contributed by atoms with van der Waals surface area (Å²) >= 11 is 0. The maximum Gasteiger partial charge on any atom is 0.240 e. The fourth-order valence-corrected chi connectivity index (χ4v) is 2.79. The zero-order valence-electron chi connectivity index (χ0n) is 12.1. The predicted octanol–water partition coefficient (Wildman–Crippen LogP) is 2.64. The molecule has 1 aromatic rings. The van der Waals surface area contributed by atoms with Crippen molar-refractivity contribution in [3.05, 3.63) is 35.4 Å². The molecule has 0 saturated carbocycles. The van der Waals surface area contributed by atoms with Gasteiger partial charge in [0.2, 0.25) is 5.91 Å². The van der Waals surface area contributed by atoms with Gasteiger partial charge in [0.1, 0.15) is 0 Å². The summed E-state index contributed by atoms with van der Waals surface area (Å²) in [7, 11) is 0. The molecule has 2 N–H and O–H groups in total. The second-order valence-corrected chi connectivity index (χ2v) is 5.82. The van der Waals surface area contributed by atoms with Gasteiger partial charge < -0.3 is 10.6 Å². The summed E-state index contributed by atoms with van der Waals surface area (Å²) in [6.07, 6.45) is 2.11. The van der Waals surface area contributed by atoms with Gasteiger partial charge in [0, 0.05) is 6.54 Å². The highest BCUT2D eigenvalue weighted by molar-refractivity contribution is 5.82. The Morgan fingerprint density at radius 2 is 2.05 bits per heavy atom. The minimum Gasteiger partial charge on any atom is -0.334 e. The monoisotopic (exact) mass is 260 g/mol. The fraction of sp³-hybridized carbons (Fsp3) is 0.562. The van der Waals surface area contributed by atoms with Crippen LogP contribution in [0.15, 0.2) is 24.3 Å². The van der Waals surface area contributed by atoms with Gasteiger partial charge >= 0.3 is 0 Å². The molecule has 104 valence electrons. The number of hydrogen-bond acceptors (Lipinski definition) is 2. The number of likely N-dealkylation sites (tertiary alicyclic amines) is 1. The van der Waals surface area contributed by atoms with E-state index in [0.717, 1.165) is 19.4 Å². The molecule has 0 aliphatic carbocycles. The molecule has 1 aliphatic heterocycles. The first-order chi connectivity index (χ1) is 9.02. The molecule has 0 aromatic heterocycles. The highest BCUT2D eigenvalue weighted by Crippen LogP contribution is 2.34. The van der Waals surface area contributed by atoms with Crippen molar-refractivity contribution in [1.29, 1.82) is 0 Å². The van der Waals surface area contributed by atoms with Gasteiger partial charge in [-0.3, -0.25) is 4.79 Å². The summed E-state index contributed by atoms with van der Waals surface area (Å²) in [4.78, 5) is 14.5. The van der Waals surface area contributed by atoms with Gasteiger partial charge in [0.15, 0.2) is 0 Å². The predicted molar refractivity (Wildman–Crippen MR) is 77.7 cm³/mol. The Hall–Kier alpha value is -1.35. The molecule has 0 bridgehead atoms. The number of nitrogens with zero attached hydrogens (tertiary/aromatic N) is 1. The summed E-state index contributed by atoms with van der Waals surface area (Å²) in [5.41, 5.74) is 8.55. The van der Waals surface area contributed by atoms with Crippen molar-refractivity contribution in [3.63, 3.8) is 0 Å². The third-order valence-electron chi connectivity index (χ3n) is 4.09. The molecule has 2 unspecified atom stereocenters. The number of benzene rings is 1. The van der Waals surface area contributed by atoms with E-state index in [1.165, 1.54) is 11.1 Å². The van der Waals surface area contributed by atoms with Crippen LogP contribution in [0.4, 0.5) is 0 Å². The van der Waals surface area contributed by atoms with E-state index < -0.39 is 0 Å². The minimum absolute atomic E-state index is 0.0979. The van der Waals surface area contributed by atoms with Gasteiger partial charge in [-0.2, -0.15) is 0 Å². The number of amides is 1. The molecule has 1 aliphatic rings. The molecule has 1 saturated heterocycles. The highest BCUT2D eigenvalue weighted by atomic mass is 16.2. The number of hydrogen-bond donors (Lipinski definition) is 1. The van der Waals surface area contributed by atoms with E-state index >= 15 is 0 Å². The summed E-state index contributed by atoms with van der Waals surface area (Å²) < 4.78 is 0. The van der Waals surface area contributed by atoms with E-state index in [-0.39, 0.29) is 23.9 Å². The molecule has 2 atom stereocenters. The molecule has 1 aromatic carbocycles. The molecular formula is C16H24N2O. The minimum atomic E-state index is -0.385. The van der Waals surface area contributed by atoms with Crippen LogP contribution in [0.2, 0.25) is 0 Å². The van der Waals surface area contributed by atoms with Gasteiger partial charge in [-0.05, 0) is 36.8 Å². The number of nitrogens with two attached hydrogens (primary N) is 1. The van der Waals surface area contributed by atoms with Crippen LogP contribution in [-0.4, -0.2) is 23.4 Å². The first-order valence-electron chi connectivity index (χ1n) is 7.14. The van der Waals surface area contributed by atoms with Gasteiger partial charge in [0.05, 0.1) is 12.1 Å². The topological polar surface area (TPSA) is 46.3 Å². The number of rotatable bonds is 3. The number of aryl methyl sites for hydroxylation is 1. The first-order valence-corrected chi connectivity index (χ1v) is 7.14. The Morgan fingerprint density at radius 3 is 2.68 bits per heavy atom. The first kappa shape index (κ1) is 14.1. The lowest BCUT2D eigenvalue weighted by atomic mass is 9.98. The van der Waals surface area contributed by atoms with Crippen LogP contribution in [0.3, 0.4) is 0 Å². The molecule has 1 amide bonds. The standard InChI is InChI=1S/C16H24N2O/c1-11(2)15(17)16(19)18-10-6-9-14(18)13-8-5-4-7-12(13)3/h4-5,7-8,11,14-15H,6,9-10,17H2,1-3H3. The Balaban J connectivity index is 2.22. The van der Waals surface area contributed by atoms with Crippen LogP contribution >= 0.6 is 0 Å². The third kappa shape index (κ3) is 2.81. The third-order valence-corrected chi connectivity index (χ3v) is 4.09. The summed E-state index contributed by atoms with van der Waals surface area (Å²) in [5, 5.41) is 0. The maximum atomic E-state index is 12.5. The number of carbonyl (C=O) groups excluding carboxylic acids is 1. The molecule has 1 heterocycles. The van der Waals surface area contributed by atoms with Crippen LogP contribution in [-0.2, 0) is 4.79 Å². The Labute approximate surface area is 115 Å². The molecule has 2 rings (SSSR count). The molecule has 0 radical (unpaired) electrons. The van der Waals surface area contributed by atoms with Gasteiger partial charge in [-0.25, -0.2) is 0 Å². The van der Waals surface area contributed by atoms with E-state index in [2.05, 4.69) is 19.1 Å². The zero-order valence-corrected chi connectivity index (χ0v) is 12.1. The molecule has 19 heavy (non-hydrogen) atoms. The second kappa shape index (κ2) is 5.74. The van der Waals surface area contributed by atoms with Gasteiger partial charge in [0.25, 0.3) is 0 Å². The van der Waals surface area contributed by atoms with E-state index in [0.29, 0.717) is 0 Å². The Kier molecular flexibility index (Phi) is 4.25. The van der Waals surface area contributed by atoms with Crippen LogP contribution < -0.4 is 5.73 Å². The smallest absolute Gasteiger partial charge is 0.240 e. The van der Waals surface area contributed by atoms with Crippen LogP contribution in [0.5, 0.6) is 0 Å². The largest absolute Gasteiger partial charge is 0.334 e. The maximum absolute atomic E-state index is 12.5. The summed E-state index contributed by atoms with van der Waals surface area (Å²) in [6.45, 7) is 6.94. The molecule has 3 heteroatoms. The lowest BCUT2D eigenvalue weighted by Gasteiger charge is -2.29.